The van der Waals surface area contributed by atoms with E-state index in [9.17, 15) is 18.0 Å². The normalized spacial score (nSPS) is 18.8. The second kappa shape index (κ2) is 8.33. The highest BCUT2D eigenvalue weighted by Crippen LogP contribution is 2.27. The number of anilines is 1. The predicted octanol–water partition coefficient (Wildman–Crippen LogP) is 4.94. The minimum absolute atomic E-state index is 0.138. The zero-order valence-corrected chi connectivity index (χ0v) is 15.2. The molecular weight excluding hydrogens is 371 g/mol. The molecular formula is C20H20F3N3O2. The maximum Gasteiger partial charge on any atom is 0.573 e. The summed E-state index contributed by atoms with van der Waals surface area (Å²) in [5, 5.41) is 2.82. The summed E-state index contributed by atoms with van der Waals surface area (Å²) in [7, 11) is 0. The standard InChI is InChI=1S/C20H20F3N3O2/c1-14-13-26(19(27)25-17-3-2-9-24-12-17)10-8-16(14)11-15-4-6-18(7-5-15)28-20(21,22)23/h2-7,9,11-12,14H,8,10,13H2,1H3,(H,25,27)/b16-11+. The van der Waals surface area contributed by atoms with E-state index in [0.29, 0.717) is 25.2 Å². The van der Waals surface area contributed by atoms with Gasteiger partial charge in [0.2, 0.25) is 0 Å². The van der Waals surface area contributed by atoms with Crippen LogP contribution in [0.15, 0.2) is 54.4 Å². The number of pyridine rings is 1. The maximum atomic E-state index is 12.4. The Balaban J connectivity index is 1.59. The van der Waals surface area contributed by atoms with Crippen molar-refractivity contribution in [3.05, 3.63) is 59.9 Å². The van der Waals surface area contributed by atoms with Gasteiger partial charge in [0.1, 0.15) is 5.75 Å². The van der Waals surface area contributed by atoms with E-state index < -0.39 is 6.36 Å². The van der Waals surface area contributed by atoms with Gasteiger partial charge in [-0.2, -0.15) is 0 Å². The number of hydrogen-bond donors (Lipinski definition) is 1. The van der Waals surface area contributed by atoms with Crippen LogP contribution in [0.4, 0.5) is 23.7 Å². The molecule has 148 valence electrons. The molecule has 3 rings (SSSR count). The second-order valence-electron chi connectivity index (χ2n) is 6.61. The van der Waals surface area contributed by atoms with Gasteiger partial charge in [-0.3, -0.25) is 4.98 Å². The minimum atomic E-state index is -4.70. The third-order valence-corrected chi connectivity index (χ3v) is 4.46. The minimum Gasteiger partial charge on any atom is -0.406 e. The van der Waals surface area contributed by atoms with Crippen molar-refractivity contribution in [1.29, 1.82) is 0 Å². The number of halogens is 3. The molecule has 2 heterocycles. The van der Waals surface area contributed by atoms with Crippen LogP contribution in [0.1, 0.15) is 18.9 Å². The Kier molecular flexibility index (Phi) is 5.87. The van der Waals surface area contributed by atoms with E-state index >= 15 is 0 Å². The van der Waals surface area contributed by atoms with Gasteiger partial charge in [-0.05, 0) is 42.2 Å². The van der Waals surface area contributed by atoms with Crippen LogP contribution in [0.25, 0.3) is 6.08 Å². The molecule has 0 saturated carbocycles. The number of alkyl halides is 3. The van der Waals surface area contributed by atoms with Crippen LogP contribution in [0.3, 0.4) is 0 Å². The Morgan fingerprint density at radius 2 is 2.04 bits per heavy atom. The summed E-state index contributed by atoms with van der Waals surface area (Å²) in [5.41, 5.74) is 2.59. The fraction of sp³-hybridized carbons (Fsp3) is 0.300. The molecule has 8 heteroatoms. The van der Waals surface area contributed by atoms with Crippen molar-refractivity contribution in [2.45, 2.75) is 19.7 Å². The summed E-state index contributed by atoms with van der Waals surface area (Å²) in [4.78, 5) is 18.1. The SMILES string of the molecule is CC1CN(C(=O)Nc2cccnc2)CC/C1=C\c1ccc(OC(F)(F)F)cc1. The zero-order chi connectivity index (χ0) is 20.1. The Morgan fingerprint density at radius 1 is 1.29 bits per heavy atom. The van der Waals surface area contributed by atoms with Crippen LogP contribution in [0.2, 0.25) is 0 Å². The zero-order valence-electron chi connectivity index (χ0n) is 15.2. The summed E-state index contributed by atoms with van der Waals surface area (Å²) in [6, 6.07) is 9.11. The molecule has 1 fully saturated rings. The molecule has 1 aliphatic heterocycles. The smallest absolute Gasteiger partial charge is 0.406 e. The lowest BCUT2D eigenvalue weighted by molar-refractivity contribution is -0.274. The number of carbonyl (C=O) groups is 1. The van der Waals surface area contributed by atoms with Gasteiger partial charge in [0.05, 0.1) is 11.9 Å². The number of ether oxygens (including phenoxy) is 1. The van der Waals surface area contributed by atoms with Gasteiger partial charge < -0.3 is 15.0 Å². The van der Waals surface area contributed by atoms with Gasteiger partial charge in [0.25, 0.3) is 0 Å². The van der Waals surface area contributed by atoms with E-state index in [4.69, 9.17) is 0 Å². The molecule has 1 N–H and O–H groups in total. The molecule has 5 nitrogen and oxygen atoms in total. The Hall–Kier alpha value is -3.03. The third kappa shape index (κ3) is 5.48. The quantitative estimate of drug-likeness (QED) is 0.807. The van der Waals surface area contributed by atoms with E-state index in [1.54, 1.807) is 41.6 Å². The van der Waals surface area contributed by atoms with Gasteiger partial charge in [0, 0.05) is 19.3 Å². The molecule has 28 heavy (non-hydrogen) atoms. The number of likely N-dealkylation sites (tertiary alicyclic amines) is 1. The topological polar surface area (TPSA) is 54.5 Å². The number of hydrogen-bond acceptors (Lipinski definition) is 3. The molecule has 1 aromatic heterocycles. The molecule has 0 radical (unpaired) electrons. The lowest BCUT2D eigenvalue weighted by Gasteiger charge is -2.33. The lowest BCUT2D eigenvalue weighted by atomic mass is 9.91. The van der Waals surface area contributed by atoms with E-state index in [1.165, 1.54) is 12.1 Å². The summed E-state index contributed by atoms with van der Waals surface area (Å²) in [6.45, 7) is 3.15. The Labute approximate surface area is 160 Å². The van der Waals surface area contributed by atoms with Crippen molar-refractivity contribution in [3.63, 3.8) is 0 Å². The molecule has 1 atom stereocenters. The predicted molar refractivity (Wildman–Crippen MR) is 99.7 cm³/mol. The third-order valence-electron chi connectivity index (χ3n) is 4.46. The second-order valence-corrected chi connectivity index (χ2v) is 6.61. The van der Waals surface area contributed by atoms with E-state index in [-0.39, 0.29) is 17.7 Å². The average Bonchev–Trinajstić information content (AvgIpc) is 2.64. The molecule has 1 saturated heterocycles. The van der Waals surface area contributed by atoms with Crippen molar-refractivity contribution in [2.75, 3.05) is 18.4 Å². The first kappa shape index (κ1) is 19.7. The van der Waals surface area contributed by atoms with Crippen molar-refractivity contribution in [1.82, 2.24) is 9.88 Å². The van der Waals surface area contributed by atoms with E-state index in [1.807, 2.05) is 13.0 Å². The number of nitrogens with one attached hydrogen (secondary N) is 1. The summed E-state index contributed by atoms with van der Waals surface area (Å²) in [5.74, 6) is -0.107. The highest BCUT2D eigenvalue weighted by atomic mass is 19.4. The average molecular weight is 391 g/mol. The van der Waals surface area contributed by atoms with Crippen molar-refractivity contribution >= 4 is 17.8 Å². The molecule has 1 unspecified atom stereocenters. The van der Waals surface area contributed by atoms with Crippen LogP contribution in [0, 0.1) is 5.92 Å². The van der Waals surface area contributed by atoms with Gasteiger partial charge in [-0.25, -0.2) is 4.79 Å². The number of piperidine rings is 1. The first-order valence-corrected chi connectivity index (χ1v) is 8.82. The number of rotatable bonds is 3. The van der Waals surface area contributed by atoms with Gasteiger partial charge in [-0.15, -0.1) is 13.2 Å². The molecule has 1 aliphatic rings. The Morgan fingerprint density at radius 3 is 2.64 bits per heavy atom. The highest BCUT2D eigenvalue weighted by Gasteiger charge is 2.31. The largest absolute Gasteiger partial charge is 0.573 e. The first-order chi connectivity index (χ1) is 13.3. The van der Waals surface area contributed by atoms with E-state index in [0.717, 1.165) is 11.1 Å². The van der Waals surface area contributed by atoms with E-state index in [2.05, 4.69) is 15.0 Å². The maximum absolute atomic E-state index is 12.4. The number of amides is 2. The summed E-state index contributed by atoms with van der Waals surface area (Å²) in [6.07, 6.45) is 1.18. The molecule has 2 amide bonds. The molecule has 0 aliphatic carbocycles. The van der Waals surface area contributed by atoms with Crippen molar-refractivity contribution in [2.24, 2.45) is 5.92 Å². The molecule has 0 spiro atoms. The van der Waals surface area contributed by atoms with Crippen molar-refractivity contribution in [3.8, 4) is 5.75 Å². The lowest BCUT2D eigenvalue weighted by Crippen LogP contribution is -2.42. The van der Waals surface area contributed by atoms with Crippen LogP contribution < -0.4 is 10.1 Å². The summed E-state index contributed by atoms with van der Waals surface area (Å²) >= 11 is 0. The number of aromatic nitrogens is 1. The Bertz CT molecular complexity index is 836. The molecule has 0 bridgehead atoms. The summed E-state index contributed by atoms with van der Waals surface area (Å²) < 4.78 is 40.6. The number of benzene rings is 1. The molecule has 2 aromatic rings. The van der Waals surface area contributed by atoms with Crippen LogP contribution >= 0.6 is 0 Å². The fourth-order valence-electron chi connectivity index (χ4n) is 3.07. The first-order valence-electron chi connectivity index (χ1n) is 8.82. The molecule has 1 aromatic carbocycles. The van der Waals surface area contributed by atoms with Crippen molar-refractivity contribution < 1.29 is 22.7 Å². The number of urea groups is 1. The van der Waals surface area contributed by atoms with Crippen LogP contribution in [-0.4, -0.2) is 35.4 Å². The monoisotopic (exact) mass is 391 g/mol. The van der Waals surface area contributed by atoms with Crippen LogP contribution in [0.5, 0.6) is 5.75 Å². The highest BCUT2D eigenvalue weighted by molar-refractivity contribution is 5.89. The van der Waals surface area contributed by atoms with Gasteiger partial charge in [-0.1, -0.05) is 30.7 Å². The number of carbonyl (C=O) groups excluding carboxylic acids is 1. The van der Waals surface area contributed by atoms with Gasteiger partial charge in [0.15, 0.2) is 0 Å². The number of nitrogens with zero attached hydrogens (tertiary/aromatic N) is 2. The fourth-order valence-corrected chi connectivity index (χ4v) is 3.07. The van der Waals surface area contributed by atoms with Crippen LogP contribution in [-0.2, 0) is 0 Å². The van der Waals surface area contributed by atoms with Gasteiger partial charge >= 0.3 is 12.4 Å².